The molecule has 0 saturated heterocycles. The molecule has 1 aliphatic heterocycles. The van der Waals surface area contributed by atoms with Crippen LogP contribution in [-0.4, -0.2) is 16.2 Å². The maximum Gasteiger partial charge on any atom is 0.159 e. The number of fused-ring (bicyclic) bond motifs is 6. The number of nitrogens with one attached hydrogen (secondary N) is 1. The lowest BCUT2D eigenvalue weighted by molar-refractivity contribution is 0.661. The van der Waals surface area contributed by atoms with Crippen LogP contribution in [0.4, 0.5) is 0 Å². The molecule has 0 aliphatic carbocycles. The van der Waals surface area contributed by atoms with E-state index in [1.165, 1.54) is 16.3 Å². The maximum atomic E-state index is 6.54. The number of aliphatic imine (C=N–C) groups is 2. The first kappa shape index (κ1) is 28.3. The van der Waals surface area contributed by atoms with Gasteiger partial charge in [0.15, 0.2) is 5.84 Å². The van der Waals surface area contributed by atoms with Crippen LogP contribution < -0.4 is 5.32 Å². The van der Waals surface area contributed by atoms with Crippen molar-refractivity contribution in [1.82, 2.24) is 9.88 Å². The first-order valence-corrected chi connectivity index (χ1v) is 16.9. The molecule has 0 saturated carbocycles. The second-order valence-electron chi connectivity index (χ2n) is 12.6. The predicted molar refractivity (Wildman–Crippen MR) is 205 cm³/mol. The highest BCUT2D eigenvalue weighted by atomic mass is 16.3. The van der Waals surface area contributed by atoms with E-state index >= 15 is 0 Å². The highest BCUT2D eigenvalue weighted by Crippen LogP contribution is 2.43. The highest BCUT2D eigenvalue weighted by Gasteiger charge is 2.28. The summed E-state index contributed by atoms with van der Waals surface area (Å²) in [5.74, 6) is 1.46. The fraction of sp³-hybridized carbons (Fsp3) is 0.0222. The fourth-order valence-electron chi connectivity index (χ4n) is 7.37. The molecule has 10 rings (SSSR count). The monoisotopic (exact) mass is 642 g/mol. The molecule has 7 aromatic carbocycles. The molecule has 9 aromatic rings. The summed E-state index contributed by atoms with van der Waals surface area (Å²) in [6.45, 7) is 0. The van der Waals surface area contributed by atoms with E-state index in [1.54, 1.807) is 0 Å². The van der Waals surface area contributed by atoms with Gasteiger partial charge in [-0.1, -0.05) is 140 Å². The number of benzene rings is 7. The van der Waals surface area contributed by atoms with E-state index in [2.05, 4.69) is 131 Å². The smallest absolute Gasteiger partial charge is 0.159 e. The Morgan fingerprint density at radius 1 is 0.500 bits per heavy atom. The van der Waals surface area contributed by atoms with Gasteiger partial charge in [-0.25, -0.2) is 9.98 Å². The maximum absolute atomic E-state index is 6.54. The Hall–Kier alpha value is -6.72. The summed E-state index contributed by atoms with van der Waals surface area (Å²) in [5, 5.41) is 8.23. The zero-order valence-electron chi connectivity index (χ0n) is 27.0. The van der Waals surface area contributed by atoms with Crippen molar-refractivity contribution < 1.29 is 4.42 Å². The van der Waals surface area contributed by atoms with Crippen molar-refractivity contribution in [3.63, 3.8) is 0 Å². The molecule has 0 fully saturated rings. The Balaban J connectivity index is 1.30. The zero-order valence-corrected chi connectivity index (χ0v) is 27.0. The number of hydrogen-bond donors (Lipinski definition) is 1. The Kier molecular flexibility index (Phi) is 6.49. The summed E-state index contributed by atoms with van der Waals surface area (Å²) in [7, 11) is 0. The predicted octanol–water partition coefficient (Wildman–Crippen LogP) is 10.8. The van der Waals surface area contributed by atoms with E-state index < -0.39 is 6.17 Å². The van der Waals surface area contributed by atoms with Gasteiger partial charge in [-0.3, -0.25) is 0 Å². The molecule has 50 heavy (non-hydrogen) atoms. The van der Waals surface area contributed by atoms with Gasteiger partial charge in [-0.2, -0.15) is 0 Å². The molecule has 2 aromatic heterocycles. The van der Waals surface area contributed by atoms with E-state index in [9.17, 15) is 0 Å². The van der Waals surface area contributed by atoms with Crippen molar-refractivity contribution in [2.75, 3.05) is 0 Å². The second kappa shape index (κ2) is 11.5. The van der Waals surface area contributed by atoms with E-state index in [-0.39, 0.29) is 0 Å². The van der Waals surface area contributed by atoms with Gasteiger partial charge >= 0.3 is 0 Å². The molecule has 1 N–H and O–H groups in total. The highest BCUT2D eigenvalue weighted by molar-refractivity contribution is 6.16. The van der Waals surface area contributed by atoms with Crippen LogP contribution in [0.5, 0.6) is 0 Å². The average molecular weight is 643 g/mol. The van der Waals surface area contributed by atoms with Gasteiger partial charge in [0, 0.05) is 32.8 Å². The van der Waals surface area contributed by atoms with Gasteiger partial charge in [0.2, 0.25) is 0 Å². The molecular formula is C45H30N4O. The largest absolute Gasteiger partial charge is 0.456 e. The van der Waals surface area contributed by atoms with E-state index in [4.69, 9.17) is 14.4 Å². The lowest BCUT2D eigenvalue weighted by Crippen LogP contribution is -2.34. The summed E-state index contributed by atoms with van der Waals surface area (Å²) in [5.41, 5.74) is 10.3. The molecule has 1 unspecified atom stereocenters. The molecule has 1 atom stereocenters. The van der Waals surface area contributed by atoms with Gasteiger partial charge < -0.3 is 14.3 Å². The first-order valence-electron chi connectivity index (χ1n) is 16.9. The van der Waals surface area contributed by atoms with Crippen molar-refractivity contribution in [3.05, 3.63) is 187 Å². The third-order valence-electron chi connectivity index (χ3n) is 9.67. The number of aromatic nitrogens is 1. The van der Waals surface area contributed by atoms with Crippen molar-refractivity contribution in [2.45, 2.75) is 6.17 Å². The van der Waals surface area contributed by atoms with Crippen molar-refractivity contribution in [2.24, 2.45) is 9.98 Å². The molecule has 236 valence electrons. The van der Waals surface area contributed by atoms with Crippen molar-refractivity contribution in [1.29, 1.82) is 0 Å². The van der Waals surface area contributed by atoms with Gasteiger partial charge in [0.1, 0.15) is 23.2 Å². The van der Waals surface area contributed by atoms with Crippen molar-refractivity contribution >= 4 is 55.4 Å². The lowest BCUT2D eigenvalue weighted by Gasteiger charge is -2.26. The number of amidine groups is 2. The molecule has 5 nitrogen and oxygen atoms in total. The Morgan fingerprint density at radius 2 is 1.14 bits per heavy atom. The first-order chi connectivity index (χ1) is 24.8. The third kappa shape index (κ3) is 4.55. The molecule has 5 heteroatoms. The minimum Gasteiger partial charge on any atom is -0.456 e. The Labute approximate surface area is 288 Å². The van der Waals surface area contributed by atoms with Crippen LogP contribution in [0.2, 0.25) is 0 Å². The molecule has 0 amide bonds. The van der Waals surface area contributed by atoms with Gasteiger partial charge in [-0.15, -0.1) is 0 Å². The van der Waals surface area contributed by atoms with Crippen LogP contribution in [-0.2, 0) is 0 Å². The summed E-state index contributed by atoms with van der Waals surface area (Å²) in [6.07, 6.45) is -0.445. The SMILES string of the molecule is c1ccc(C2=NC(c3ccc4oc5ccccc5c4c3-n3c4ccccc4c4ccc(-c5ccccc5)cc43)NC(c3ccccc3)=N2)cc1. The quantitative estimate of drug-likeness (QED) is 0.203. The standard InChI is InChI=1S/C45H30N4O/c1-4-14-29(15-5-1)32-24-25-34-33-20-10-12-22-37(33)49(38(34)28-32)42-36(26-27-40-41(42)35-21-11-13-23-39(35)50-40)45-47-43(30-16-6-2-7-17-30)46-44(48-45)31-18-8-3-9-19-31/h1-28,45H,(H,46,47,48). The average Bonchev–Trinajstić information content (AvgIpc) is 3.74. The zero-order chi connectivity index (χ0) is 33.0. The summed E-state index contributed by atoms with van der Waals surface area (Å²) < 4.78 is 8.96. The van der Waals surface area contributed by atoms with Crippen LogP contribution in [0.3, 0.4) is 0 Å². The van der Waals surface area contributed by atoms with Crippen LogP contribution in [0.25, 0.3) is 60.6 Å². The summed E-state index contributed by atoms with van der Waals surface area (Å²) >= 11 is 0. The minimum absolute atomic E-state index is 0.445. The van der Waals surface area contributed by atoms with Gasteiger partial charge in [-0.05, 0) is 41.5 Å². The topological polar surface area (TPSA) is 54.8 Å². The molecule has 1 aliphatic rings. The Morgan fingerprint density at radius 3 is 1.92 bits per heavy atom. The number of rotatable bonds is 5. The van der Waals surface area contributed by atoms with E-state index in [1.807, 2.05) is 48.5 Å². The van der Waals surface area contributed by atoms with Crippen LogP contribution in [0, 0.1) is 0 Å². The van der Waals surface area contributed by atoms with E-state index in [0.717, 1.165) is 66.7 Å². The van der Waals surface area contributed by atoms with Gasteiger partial charge in [0.05, 0.1) is 22.1 Å². The second-order valence-corrected chi connectivity index (χ2v) is 12.6. The van der Waals surface area contributed by atoms with Crippen LogP contribution >= 0.6 is 0 Å². The number of hydrogen-bond acceptors (Lipinski definition) is 4. The Bertz CT molecular complexity index is 2780. The van der Waals surface area contributed by atoms with E-state index in [0.29, 0.717) is 5.84 Å². The minimum atomic E-state index is -0.445. The molecular weight excluding hydrogens is 613 g/mol. The third-order valence-corrected chi connectivity index (χ3v) is 9.67. The molecule has 0 radical (unpaired) electrons. The summed E-state index contributed by atoms with van der Waals surface area (Å²) in [4.78, 5) is 10.4. The van der Waals surface area contributed by atoms with Crippen LogP contribution in [0.1, 0.15) is 22.9 Å². The molecule has 3 heterocycles. The number of para-hydroxylation sites is 2. The molecule has 0 spiro atoms. The number of furan rings is 1. The molecule has 0 bridgehead atoms. The normalized spacial score (nSPS) is 14.6. The number of nitrogens with zero attached hydrogens (tertiary/aromatic N) is 3. The lowest BCUT2D eigenvalue weighted by atomic mass is 10.0. The van der Waals surface area contributed by atoms with Crippen molar-refractivity contribution in [3.8, 4) is 16.8 Å². The van der Waals surface area contributed by atoms with Crippen LogP contribution in [0.15, 0.2) is 184 Å². The fourth-order valence-corrected chi connectivity index (χ4v) is 7.37. The summed E-state index contributed by atoms with van der Waals surface area (Å²) in [6, 6.07) is 59.1. The van der Waals surface area contributed by atoms with Gasteiger partial charge in [0.25, 0.3) is 0 Å².